The normalized spacial score (nSPS) is 10.6. The molecule has 0 radical (unpaired) electrons. The molecule has 0 bridgehead atoms. The van der Waals surface area contributed by atoms with Gasteiger partial charge in [-0.3, -0.25) is 9.59 Å². The highest BCUT2D eigenvalue weighted by molar-refractivity contribution is 5.94. The Morgan fingerprint density at radius 3 is 2.39 bits per heavy atom. The molecule has 122 valence electrons. The van der Waals surface area contributed by atoms with Crippen LogP contribution in [0, 0.1) is 13.8 Å². The van der Waals surface area contributed by atoms with E-state index in [1.165, 1.54) is 0 Å². The smallest absolute Gasteiger partial charge is 0.303 e. The van der Waals surface area contributed by atoms with Gasteiger partial charge in [-0.05, 0) is 50.6 Å². The molecule has 1 amide bonds. The first-order valence-corrected chi connectivity index (χ1v) is 7.49. The zero-order chi connectivity index (χ0) is 17.0. The average molecular weight is 315 g/mol. The first-order valence-electron chi connectivity index (χ1n) is 7.49. The van der Waals surface area contributed by atoms with Gasteiger partial charge in [0, 0.05) is 31.3 Å². The van der Waals surface area contributed by atoms with Crippen LogP contribution in [0.5, 0.6) is 0 Å². The Bertz CT molecular complexity index is 704. The molecular formula is C17H21N3O3. The third kappa shape index (κ3) is 4.18. The highest BCUT2D eigenvalue weighted by atomic mass is 16.4. The number of aliphatic carboxylic acids is 1. The number of amides is 1. The van der Waals surface area contributed by atoms with Crippen molar-refractivity contribution in [3.05, 3.63) is 47.3 Å². The number of aryl methyl sites for hydroxylation is 2. The van der Waals surface area contributed by atoms with E-state index < -0.39 is 5.97 Å². The molecule has 2 rings (SSSR count). The van der Waals surface area contributed by atoms with E-state index in [1.54, 1.807) is 24.1 Å². The number of carboxylic acid groups (broad SMARTS) is 1. The molecule has 0 spiro atoms. The summed E-state index contributed by atoms with van der Waals surface area (Å²) in [5, 5.41) is 13.0. The minimum absolute atomic E-state index is 0.0640. The first kappa shape index (κ1) is 16.7. The van der Waals surface area contributed by atoms with Gasteiger partial charge in [0.05, 0.1) is 11.4 Å². The summed E-state index contributed by atoms with van der Waals surface area (Å²) >= 11 is 0. The maximum atomic E-state index is 12.3. The molecule has 0 aliphatic rings. The van der Waals surface area contributed by atoms with Gasteiger partial charge < -0.3 is 10.0 Å². The average Bonchev–Trinajstić information content (AvgIpc) is 2.85. The van der Waals surface area contributed by atoms with Gasteiger partial charge in [0.15, 0.2) is 0 Å². The van der Waals surface area contributed by atoms with Gasteiger partial charge in [0.1, 0.15) is 0 Å². The molecule has 2 aromatic rings. The van der Waals surface area contributed by atoms with Crippen molar-refractivity contribution in [2.24, 2.45) is 0 Å². The predicted octanol–water partition coefficient (Wildman–Crippen LogP) is 2.43. The van der Waals surface area contributed by atoms with Gasteiger partial charge in [0.2, 0.25) is 0 Å². The van der Waals surface area contributed by atoms with E-state index >= 15 is 0 Å². The van der Waals surface area contributed by atoms with Crippen LogP contribution in [0.2, 0.25) is 0 Å². The highest BCUT2D eigenvalue weighted by Gasteiger charge is 2.12. The Labute approximate surface area is 135 Å². The van der Waals surface area contributed by atoms with E-state index in [9.17, 15) is 9.59 Å². The molecule has 1 N–H and O–H groups in total. The van der Waals surface area contributed by atoms with Gasteiger partial charge in [-0.25, -0.2) is 4.68 Å². The number of hydrogen-bond donors (Lipinski definition) is 1. The molecule has 0 aliphatic carbocycles. The van der Waals surface area contributed by atoms with Crippen LogP contribution in [0.4, 0.5) is 0 Å². The summed E-state index contributed by atoms with van der Waals surface area (Å²) in [7, 11) is 1.68. The number of carbonyl (C=O) groups is 2. The molecule has 0 fully saturated rings. The molecule has 0 unspecified atom stereocenters. The Balaban J connectivity index is 2.05. The fourth-order valence-electron chi connectivity index (χ4n) is 2.42. The molecular weight excluding hydrogens is 294 g/mol. The molecule has 6 heteroatoms. The lowest BCUT2D eigenvalue weighted by atomic mass is 10.1. The molecule has 6 nitrogen and oxygen atoms in total. The number of carbonyl (C=O) groups excluding carboxylic acids is 1. The third-order valence-corrected chi connectivity index (χ3v) is 3.60. The van der Waals surface area contributed by atoms with E-state index in [1.807, 2.05) is 36.7 Å². The lowest BCUT2D eigenvalue weighted by Crippen LogP contribution is -2.28. The van der Waals surface area contributed by atoms with Gasteiger partial charge in [-0.2, -0.15) is 5.10 Å². The molecule has 0 atom stereocenters. The molecule has 23 heavy (non-hydrogen) atoms. The summed E-state index contributed by atoms with van der Waals surface area (Å²) < 4.78 is 1.83. The van der Waals surface area contributed by atoms with Crippen LogP contribution in [-0.4, -0.2) is 45.3 Å². The summed E-state index contributed by atoms with van der Waals surface area (Å²) in [4.78, 5) is 24.3. The minimum atomic E-state index is -0.847. The highest BCUT2D eigenvalue weighted by Crippen LogP contribution is 2.14. The third-order valence-electron chi connectivity index (χ3n) is 3.60. The predicted molar refractivity (Wildman–Crippen MR) is 86.9 cm³/mol. The quantitative estimate of drug-likeness (QED) is 0.888. The van der Waals surface area contributed by atoms with Crippen LogP contribution < -0.4 is 0 Å². The SMILES string of the molecule is Cc1cc(C)n(-c2ccc(C(=O)N(C)CCCC(=O)O)cc2)n1. The number of benzene rings is 1. The van der Waals surface area contributed by atoms with Gasteiger partial charge in [0.25, 0.3) is 5.91 Å². The molecule has 1 heterocycles. The summed E-state index contributed by atoms with van der Waals surface area (Å²) in [5.74, 6) is -0.963. The largest absolute Gasteiger partial charge is 0.481 e. The van der Waals surface area contributed by atoms with Gasteiger partial charge in [-0.15, -0.1) is 0 Å². The Kier molecular flexibility index (Phi) is 5.16. The fraction of sp³-hybridized carbons (Fsp3) is 0.353. The summed E-state index contributed by atoms with van der Waals surface area (Å²) in [6.45, 7) is 4.34. The van der Waals surface area contributed by atoms with Crippen LogP contribution >= 0.6 is 0 Å². The molecule has 0 aliphatic heterocycles. The summed E-state index contributed by atoms with van der Waals surface area (Å²) in [6.07, 6.45) is 0.510. The van der Waals surface area contributed by atoms with Crippen LogP contribution in [0.3, 0.4) is 0 Å². The van der Waals surface area contributed by atoms with Gasteiger partial charge in [-0.1, -0.05) is 0 Å². The molecule has 0 saturated heterocycles. The molecule has 0 saturated carbocycles. The number of nitrogens with zero attached hydrogens (tertiary/aromatic N) is 3. The summed E-state index contributed by atoms with van der Waals surface area (Å²) in [5.41, 5.74) is 3.46. The van der Waals surface area contributed by atoms with E-state index in [2.05, 4.69) is 5.10 Å². The second-order valence-corrected chi connectivity index (χ2v) is 5.61. The first-order chi connectivity index (χ1) is 10.9. The topological polar surface area (TPSA) is 75.4 Å². The Morgan fingerprint density at radius 1 is 1.22 bits per heavy atom. The van der Waals surface area contributed by atoms with Crippen LogP contribution in [0.15, 0.2) is 30.3 Å². The maximum absolute atomic E-state index is 12.3. The number of carboxylic acids is 1. The number of aromatic nitrogens is 2. The Hall–Kier alpha value is -2.63. The van der Waals surface area contributed by atoms with Crippen LogP contribution in [0.25, 0.3) is 5.69 Å². The van der Waals surface area contributed by atoms with Gasteiger partial charge >= 0.3 is 5.97 Å². The van der Waals surface area contributed by atoms with Crippen molar-refractivity contribution in [3.8, 4) is 5.69 Å². The van der Waals surface area contributed by atoms with E-state index in [0.717, 1.165) is 17.1 Å². The van der Waals surface area contributed by atoms with Crippen molar-refractivity contribution in [2.75, 3.05) is 13.6 Å². The van der Waals surface area contributed by atoms with Crippen molar-refractivity contribution >= 4 is 11.9 Å². The molecule has 1 aromatic heterocycles. The van der Waals surface area contributed by atoms with Crippen molar-refractivity contribution < 1.29 is 14.7 Å². The molecule has 1 aromatic carbocycles. The second kappa shape index (κ2) is 7.09. The lowest BCUT2D eigenvalue weighted by Gasteiger charge is -2.17. The maximum Gasteiger partial charge on any atom is 0.303 e. The van der Waals surface area contributed by atoms with Crippen molar-refractivity contribution in [1.29, 1.82) is 0 Å². The van der Waals surface area contributed by atoms with Crippen LogP contribution in [-0.2, 0) is 4.79 Å². The van der Waals surface area contributed by atoms with Crippen molar-refractivity contribution in [2.45, 2.75) is 26.7 Å². The monoisotopic (exact) mass is 315 g/mol. The van der Waals surface area contributed by atoms with Crippen molar-refractivity contribution in [3.63, 3.8) is 0 Å². The lowest BCUT2D eigenvalue weighted by molar-refractivity contribution is -0.137. The fourth-order valence-corrected chi connectivity index (χ4v) is 2.42. The van der Waals surface area contributed by atoms with Crippen LogP contribution in [0.1, 0.15) is 34.6 Å². The zero-order valence-corrected chi connectivity index (χ0v) is 13.6. The minimum Gasteiger partial charge on any atom is -0.481 e. The standard InChI is InChI=1S/C17H21N3O3/c1-12-11-13(2)20(18-12)15-8-6-14(7-9-15)17(23)19(3)10-4-5-16(21)22/h6-9,11H,4-5,10H2,1-3H3,(H,21,22). The number of hydrogen-bond acceptors (Lipinski definition) is 3. The Morgan fingerprint density at radius 2 is 1.87 bits per heavy atom. The summed E-state index contributed by atoms with van der Waals surface area (Å²) in [6, 6.07) is 9.24. The van der Waals surface area contributed by atoms with E-state index in [-0.39, 0.29) is 12.3 Å². The number of rotatable bonds is 6. The van der Waals surface area contributed by atoms with E-state index in [0.29, 0.717) is 18.5 Å². The second-order valence-electron chi connectivity index (χ2n) is 5.61. The van der Waals surface area contributed by atoms with Crippen molar-refractivity contribution in [1.82, 2.24) is 14.7 Å². The van der Waals surface area contributed by atoms with E-state index in [4.69, 9.17) is 5.11 Å². The zero-order valence-electron chi connectivity index (χ0n) is 13.6.